The number of fused-ring (bicyclic) bond motifs is 1. The van der Waals surface area contributed by atoms with Gasteiger partial charge in [-0.2, -0.15) is 0 Å². The molecule has 0 aromatic heterocycles. The van der Waals surface area contributed by atoms with Gasteiger partial charge in [0.05, 0.1) is 6.10 Å². The van der Waals surface area contributed by atoms with Crippen molar-refractivity contribution in [2.75, 3.05) is 0 Å². The summed E-state index contributed by atoms with van der Waals surface area (Å²) in [6, 6.07) is 15.0. The quantitative estimate of drug-likeness (QED) is 0.887. The van der Waals surface area contributed by atoms with Crippen molar-refractivity contribution in [2.24, 2.45) is 0 Å². The molecule has 2 aromatic carbocycles. The van der Waals surface area contributed by atoms with Crippen molar-refractivity contribution < 1.29 is 5.11 Å². The Balaban J connectivity index is 1.85. The molecule has 0 radical (unpaired) electrons. The van der Waals surface area contributed by atoms with Gasteiger partial charge in [0.2, 0.25) is 0 Å². The minimum absolute atomic E-state index is 0.286. The summed E-state index contributed by atoms with van der Waals surface area (Å²) in [6.07, 6.45) is 3.92. The minimum Gasteiger partial charge on any atom is -0.392 e. The van der Waals surface area contributed by atoms with Crippen LogP contribution in [0.4, 0.5) is 0 Å². The molecule has 1 nitrogen and oxygen atoms in total. The zero-order valence-corrected chi connectivity index (χ0v) is 13.0. The summed E-state index contributed by atoms with van der Waals surface area (Å²) in [5.41, 5.74) is 6.68. The Bertz CT molecular complexity index is 609. The van der Waals surface area contributed by atoms with Crippen LogP contribution in [0.5, 0.6) is 0 Å². The van der Waals surface area contributed by atoms with E-state index in [1.807, 2.05) is 0 Å². The Morgan fingerprint density at radius 3 is 2.52 bits per heavy atom. The molecule has 0 amide bonds. The van der Waals surface area contributed by atoms with E-state index in [9.17, 15) is 5.11 Å². The lowest BCUT2D eigenvalue weighted by Crippen LogP contribution is -2.25. The average Bonchev–Trinajstić information content (AvgIpc) is 2.50. The van der Waals surface area contributed by atoms with Gasteiger partial charge in [0.15, 0.2) is 0 Å². The van der Waals surface area contributed by atoms with Gasteiger partial charge < -0.3 is 5.11 Å². The van der Waals surface area contributed by atoms with Gasteiger partial charge in [0, 0.05) is 5.92 Å². The molecular formula is C20H24O. The van der Waals surface area contributed by atoms with Crippen LogP contribution < -0.4 is 0 Å². The zero-order valence-electron chi connectivity index (χ0n) is 13.0. The summed E-state index contributed by atoms with van der Waals surface area (Å²) in [7, 11) is 0. The van der Waals surface area contributed by atoms with Gasteiger partial charge in [-0.05, 0) is 67.3 Å². The second kappa shape index (κ2) is 6.03. The number of rotatable bonds is 3. The molecule has 1 aliphatic carbocycles. The maximum atomic E-state index is 10.8. The highest BCUT2D eigenvalue weighted by Gasteiger charge is 2.27. The molecule has 0 fully saturated rings. The monoisotopic (exact) mass is 280 g/mol. The standard InChI is InChI=1S/C20H24O/c1-14-7-5-8-15(2)19(14)13-20(21)18-12-6-10-16-9-3-4-11-17(16)18/h3-5,7-9,11,18,20-21H,6,10,12-13H2,1-2H3. The van der Waals surface area contributed by atoms with Crippen LogP contribution in [0.25, 0.3) is 0 Å². The van der Waals surface area contributed by atoms with Crippen molar-refractivity contribution in [2.45, 2.75) is 51.6 Å². The van der Waals surface area contributed by atoms with E-state index >= 15 is 0 Å². The Kier molecular flexibility index (Phi) is 4.12. The first-order chi connectivity index (χ1) is 10.2. The third-order valence-electron chi connectivity index (χ3n) is 4.94. The van der Waals surface area contributed by atoms with Crippen molar-refractivity contribution >= 4 is 0 Å². The first-order valence-corrected chi connectivity index (χ1v) is 7.98. The Labute approximate surface area is 127 Å². The highest BCUT2D eigenvalue weighted by molar-refractivity contribution is 5.37. The van der Waals surface area contributed by atoms with Gasteiger partial charge in [0.1, 0.15) is 0 Å². The lowest BCUT2D eigenvalue weighted by molar-refractivity contribution is 0.134. The van der Waals surface area contributed by atoms with Crippen LogP contribution in [0, 0.1) is 13.8 Å². The second-order valence-corrected chi connectivity index (χ2v) is 6.34. The molecule has 2 atom stereocenters. The van der Waals surface area contributed by atoms with Crippen LogP contribution in [0.1, 0.15) is 46.6 Å². The second-order valence-electron chi connectivity index (χ2n) is 6.34. The molecule has 0 saturated carbocycles. The third kappa shape index (κ3) is 2.89. The number of aliphatic hydroxyl groups is 1. The van der Waals surface area contributed by atoms with Crippen LogP contribution in [-0.4, -0.2) is 11.2 Å². The molecule has 110 valence electrons. The lowest BCUT2D eigenvalue weighted by atomic mass is 9.78. The van der Waals surface area contributed by atoms with Gasteiger partial charge in [0.25, 0.3) is 0 Å². The molecule has 0 aliphatic heterocycles. The van der Waals surface area contributed by atoms with Crippen molar-refractivity contribution in [3.63, 3.8) is 0 Å². The molecule has 1 N–H and O–H groups in total. The molecule has 2 unspecified atom stereocenters. The minimum atomic E-state index is -0.286. The summed E-state index contributed by atoms with van der Waals surface area (Å²) in [4.78, 5) is 0. The Morgan fingerprint density at radius 1 is 1.05 bits per heavy atom. The van der Waals surface area contributed by atoms with Crippen molar-refractivity contribution in [3.05, 3.63) is 70.3 Å². The molecule has 0 spiro atoms. The topological polar surface area (TPSA) is 20.2 Å². The SMILES string of the molecule is Cc1cccc(C)c1CC(O)C1CCCc2ccccc21. The summed E-state index contributed by atoms with van der Waals surface area (Å²) >= 11 is 0. The lowest BCUT2D eigenvalue weighted by Gasteiger charge is -2.30. The van der Waals surface area contributed by atoms with Crippen molar-refractivity contribution in [1.82, 2.24) is 0 Å². The molecule has 0 saturated heterocycles. The first-order valence-electron chi connectivity index (χ1n) is 7.98. The molecule has 3 rings (SSSR count). The van der Waals surface area contributed by atoms with Gasteiger partial charge in [-0.3, -0.25) is 0 Å². The molecule has 1 aliphatic rings. The maximum Gasteiger partial charge on any atom is 0.0649 e. The molecule has 21 heavy (non-hydrogen) atoms. The van der Waals surface area contributed by atoms with Crippen molar-refractivity contribution in [3.8, 4) is 0 Å². The Morgan fingerprint density at radius 2 is 1.76 bits per heavy atom. The van der Waals surface area contributed by atoms with E-state index in [4.69, 9.17) is 0 Å². The van der Waals surface area contributed by atoms with Crippen molar-refractivity contribution in [1.29, 1.82) is 0 Å². The van der Waals surface area contributed by atoms with Crippen LogP contribution in [0.3, 0.4) is 0 Å². The number of hydrogen-bond donors (Lipinski definition) is 1. The summed E-state index contributed by atoms with van der Waals surface area (Å²) in [5, 5.41) is 10.8. The van der Waals surface area contributed by atoms with Crippen LogP contribution in [-0.2, 0) is 12.8 Å². The molecule has 2 aromatic rings. The molecular weight excluding hydrogens is 256 g/mol. The van der Waals surface area contributed by atoms with Gasteiger partial charge >= 0.3 is 0 Å². The Hall–Kier alpha value is -1.60. The van der Waals surface area contributed by atoms with Gasteiger partial charge in [-0.1, -0.05) is 42.5 Å². The smallest absolute Gasteiger partial charge is 0.0649 e. The van der Waals surface area contributed by atoms with E-state index in [-0.39, 0.29) is 12.0 Å². The normalized spacial score (nSPS) is 19.1. The van der Waals surface area contributed by atoms with Crippen LogP contribution in [0.2, 0.25) is 0 Å². The maximum absolute atomic E-state index is 10.8. The molecule has 0 bridgehead atoms. The van der Waals surface area contributed by atoms with Gasteiger partial charge in [-0.25, -0.2) is 0 Å². The highest BCUT2D eigenvalue weighted by atomic mass is 16.3. The fourth-order valence-corrected chi connectivity index (χ4v) is 3.71. The highest BCUT2D eigenvalue weighted by Crippen LogP contribution is 2.35. The van der Waals surface area contributed by atoms with E-state index in [0.717, 1.165) is 19.3 Å². The number of aryl methyl sites for hydroxylation is 3. The number of hydrogen-bond acceptors (Lipinski definition) is 1. The van der Waals surface area contributed by atoms with E-state index < -0.39 is 0 Å². The predicted octanol–water partition coefficient (Wildman–Crippen LogP) is 4.33. The van der Waals surface area contributed by atoms with Gasteiger partial charge in [-0.15, -0.1) is 0 Å². The third-order valence-corrected chi connectivity index (χ3v) is 4.94. The van der Waals surface area contributed by atoms with Crippen LogP contribution >= 0.6 is 0 Å². The predicted molar refractivity (Wildman–Crippen MR) is 87.7 cm³/mol. The zero-order chi connectivity index (χ0) is 14.8. The fraction of sp³-hybridized carbons (Fsp3) is 0.400. The van der Waals surface area contributed by atoms with E-state index in [1.165, 1.54) is 34.2 Å². The average molecular weight is 280 g/mol. The van der Waals surface area contributed by atoms with E-state index in [2.05, 4.69) is 56.3 Å². The number of benzene rings is 2. The summed E-state index contributed by atoms with van der Waals surface area (Å²) in [6.45, 7) is 4.29. The molecule has 1 heteroatoms. The van der Waals surface area contributed by atoms with E-state index in [0.29, 0.717) is 0 Å². The molecule has 0 heterocycles. The largest absolute Gasteiger partial charge is 0.392 e. The summed E-state index contributed by atoms with van der Waals surface area (Å²) in [5.74, 6) is 0.286. The van der Waals surface area contributed by atoms with Crippen LogP contribution in [0.15, 0.2) is 42.5 Å². The van der Waals surface area contributed by atoms with E-state index in [1.54, 1.807) is 0 Å². The fourth-order valence-electron chi connectivity index (χ4n) is 3.71. The summed E-state index contributed by atoms with van der Waals surface area (Å²) < 4.78 is 0. The number of aliphatic hydroxyl groups excluding tert-OH is 1. The first kappa shape index (κ1) is 14.3.